The van der Waals surface area contributed by atoms with Crippen molar-refractivity contribution in [2.45, 2.75) is 32.5 Å². The molecule has 0 fully saturated rings. The van der Waals surface area contributed by atoms with Gasteiger partial charge in [-0.3, -0.25) is 4.98 Å². The number of hydrogen-bond donors (Lipinski definition) is 1. The third kappa shape index (κ3) is 4.47. The second-order valence-corrected chi connectivity index (χ2v) is 5.13. The van der Waals surface area contributed by atoms with Crippen LogP contribution in [-0.4, -0.2) is 22.8 Å². The number of aromatic nitrogens is 1. The number of ether oxygens (including phenoxy) is 1. The molecule has 1 N–H and O–H groups in total. The smallest absolute Gasteiger partial charge is 0.120 e. The van der Waals surface area contributed by atoms with Crippen molar-refractivity contribution >= 4 is 15.9 Å². The maximum absolute atomic E-state index is 9.50. The van der Waals surface area contributed by atoms with Gasteiger partial charge in [-0.25, -0.2) is 0 Å². The van der Waals surface area contributed by atoms with Gasteiger partial charge in [-0.05, 0) is 42.8 Å². The highest BCUT2D eigenvalue weighted by Crippen LogP contribution is 2.23. The van der Waals surface area contributed by atoms with Crippen LogP contribution in [-0.2, 0) is 4.74 Å². The molecule has 1 heterocycles. The molecule has 0 saturated heterocycles. The maximum atomic E-state index is 9.50. The van der Waals surface area contributed by atoms with E-state index in [1.165, 1.54) is 0 Å². The van der Waals surface area contributed by atoms with E-state index in [1.807, 2.05) is 13.0 Å². The average Bonchev–Trinajstić information content (AvgIpc) is 2.24. The lowest BCUT2D eigenvalue weighted by Gasteiger charge is -2.10. The van der Waals surface area contributed by atoms with Gasteiger partial charge in [0.05, 0.1) is 11.8 Å². The number of rotatable bonds is 2. The van der Waals surface area contributed by atoms with Crippen LogP contribution in [0.5, 0.6) is 0 Å². The van der Waals surface area contributed by atoms with E-state index in [0.717, 1.165) is 15.7 Å². The lowest BCUT2D eigenvalue weighted by molar-refractivity contribution is 0.115. The van der Waals surface area contributed by atoms with Crippen molar-refractivity contribution in [1.82, 2.24) is 4.98 Å². The molecule has 0 saturated carbocycles. The van der Waals surface area contributed by atoms with Crippen molar-refractivity contribution in [3.05, 3.63) is 28.0 Å². The van der Waals surface area contributed by atoms with E-state index in [1.54, 1.807) is 27.2 Å². The van der Waals surface area contributed by atoms with Crippen LogP contribution in [0.2, 0.25) is 0 Å². The number of halogens is 1. The Bertz CT molecular complexity index is 455. The van der Waals surface area contributed by atoms with Gasteiger partial charge in [-0.2, -0.15) is 0 Å². The zero-order valence-electron chi connectivity index (χ0n) is 10.4. The fourth-order valence-electron chi connectivity index (χ4n) is 1.15. The monoisotopic (exact) mass is 297 g/mol. The first-order valence-corrected chi connectivity index (χ1v) is 6.06. The molecule has 0 spiro atoms. The summed E-state index contributed by atoms with van der Waals surface area (Å²) in [6, 6.07) is 1.87. The summed E-state index contributed by atoms with van der Waals surface area (Å²) in [5.41, 5.74) is 0.595. The highest BCUT2D eigenvalue weighted by molar-refractivity contribution is 9.10. The summed E-state index contributed by atoms with van der Waals surface area (Å²) in [5, 5.41) is 9.50. The predicted molar refractivity (Wildman–Crippen MR) is 70.5 cm³/mol. The minimum atomic E-state index is -0.995. The number of hydrogen-bond acceptors (Lipinski definition) is 3. The lowest BCUT2D eigenvalue weighted by atomic mass is 10.1. The van der Waals surface area contributed by atoms with E-state index in [-0.39, 0.29) is 6.10 Å². The number of aliphatic hydroxyl groups is 1. The van der Waals surface area contributed by atoms with Gasteiger partial charge in [0.15, 0.2) is 0 Å². The van der Waals surface area contributed by atoms with E-state index >= 15 is 0 Å². The summed E-state index contributed by atoms with van der Waals surface area (Å²) in [7, 11) is 1.64. The van der Waals surface area contributed by atoms with Gasteiger partial charge < -0.3 is 9.84 Å². The lowest BCUT2D eigenvalue weighted by Crippen LogP contribution is -2.14. The molecule has 17 heavy (non-hydrogen) atoms. The standard InChI is InChI=1S/C13H16BrNO2/c1-9(17-4)12-11(14)7-10(8-15-12)5-6-13(2,3)16/h7-9,16H,1-4H3/t9-/m0/s1. The summed E-state index contributed by atoms with van der Waals surface area (Å²) in [6.45, 7) is 5.21. The minimum Gasteiger partial charge on any atom is -0.378 e. The van der Waals surface area contributed by atoms with E-state index < -0.39 is 5.60 Å². The van der Waals surface area contributed by atoms with Gasteiger partial charge >= 0.3 is 0 Å². The van der Waals surface area contributed by atoms with Crippen molar-refractivity contribution in [1.29, 1.82) is 0 Å². The molecule has 1 atom stereocenters. The Hall–Kier alpha value is -0.890. The first-order chi connectivity index (χ1) is 7.83. The van der Waals surface area contributed by atoms with Crippen LogP contribution in [0.25, 0.3) is 0 Å². The minimum absolute atomic E-state index is 0.0688. The number of methoxy groups -OCH3 is 1. The van der Waals surface area contributed by atoms with Crippen molar-refractivity contribution in [2.75, 3.05) is 7.11 Å². The summed E-state index contributed by atoms with van der Waals surface area (Å²) in [6.07, 6.45) is 1.61. The van der Waals surface area contributed by atoms with Gasteiger partial charge in [0.1, 0.15) is 5.60 Å². The van der Waals surface area contributed by atoms with Crippen molar-refractivity contribution < 1.29 is 9.84 Å². The molecular weight excluding hydrogens is 282 g/mol. The summed E-state index contributed by atoms with van der Waals surface area (Å²) in [5.74, 6) is 5.62. The first kappa shape index (κ1) is 14.2. The third-order valence-corrected chi connectivity index (χ3v) is 2.76. The quantitative estimate of drug-likeness (QED) is 0.854. The Labute approximate surface area is 110 Å². The summed E-state index contributed by atoms with van der Waals surface area (Å²) >= 11 is 3.44. The van der Waals surface area contributed by atoms with Crippen molar-refractivity contribution in [3.63, 3.8) is 0 Å². The highest BCUT2D eigenvalue weighted by atomic mass is 79.9. The second kappa shape index (κ2) is 5.63. The SMILES string of the molecule is CO[C@@H](C)c1ncc(C#CC(C)(C)O)cc1Br. The molecule has 0 aromatic carbocycles. The Morgan fingerprint density at radius 3 is 2.65 bits per heavy atom. The Balaban J connectivity index is 3.00. The maximum Gasteiger partial charge on any atom is 0.120 e. The van der Waals surface area contributed by atoms with Crippen LogP contribution in [0.4, 0.5) is 0 Å². The molecule has 0 aliphatic heterocycles. The zero-order chi connectivity index (χ0) is 13.1. The van der Waals surface area contributed by atoms with Crippen LogP contribution in [0, 0.1) is 11.8 Å². The fourth-order valence-corrected chi connectivity index (χ4v) is 1.82. The fraction of sp³-hybridized carbons (Fsp3) is 0.462. The topological polar surface area (TPSA) is 42.4 Å². The van der Waals surface area contributed by atoms with Crippen molar-refractivity contribution in [2.24, 2.45) is 0 Å². The van der Waals surface area contributed by atoms with Gasteiger partial charge in [0.25, 0.3) is 0 Å². The Kier molecular flexibility index (Phi) is 4.70. The molecule has 0 aliphatic rings. The largest absolute Gasteiger partial charge is 0.378 e. The third-order valence-electron chi connectivity index (χ3n) is 2.12. The van der Waals surface area contributed by atoms with E-state index in [0.29, 0.717) is 0 Å². The number of nitrogens with zero attached hydrogens (tertiary/aromatic N) is 1. The Morgan fingerprint density at radius 1 is 1.53 bits per heavy atom. The van der Waals surface area contributed by atoms with E-state index in [2.05, 4.69) is 32.8 Å². The van der Waals surface area contributed by atoms with Crippen LogP contribution >= 0.6 is 15.9 Å². The molecule has 4 heteroatoms. The van der Waals surface area contributed by atoms with Gasteiger partial charge in [-0.1, -0.05) is 11.8 Å². The Morgan fingerprint density at radius 2 is 2.18 bits per heavy atom. The van der Waals surface area contributed by atoms with Gasteiger partial charge in [0, 0.05) is 23.3 Å². The molecule has 1 aromatic rings. The second-order valence-electron chi connectivity index (χ2n) is 4.28. The molecule has 3 nitrogen and oxygen atoms in total. The summed E-state index contributed by atoms with van der Waals surface area (Å²) in [4.78, 5) is 4.29. The normalized spacial score (nSPS) is 12.8. The van der Waals surface area contributed by atoms with E-state index in [9.17, 15) is 5.11 Å². The molecule has 0 bridgehead atoms. The molecular formula is C13H16BrNO2. The molecule has 92 valence electrons. The van der Waals surface area contributed by atoms with Gasteiger partial charge in [0.2, 0.25) is 0 Å². The predicted octanol–water partition coefficient (Wildman–Crippen LogP) is 2.67. The van der Waals surface area contributed by atoms with Gasteiger partial charge in [-0.15, -0.1) is 0 Å². The first-order valence-electron chi connectivity index (χ1n) is 5.27. The molecule has 0 unspecified atom stereocenters. The molecule has 1 aromatic heterocycles. The summed E-state index contributed by atoms with van der Waals surface area (Å²) < 4.78 is 6.06. The van der Waals surface area contributed by atoms with E-state index in [4.69, 9.17) is 4.74 Å². The van der Waals surface area contributed by atoms with Crippen LogP contribution in [0.1, 0.15) is 38.1 Å². The van der Waals surface area contributed by atoms with Crippen molar-refractivity contribution in [3.8, 4) is 11.8 Å². The van der Waals surface area contributed by atoms with Crippen LogP contribution < -0.4 is 0 Å². The zero-order valence-corrected chi connectivity index (χ0v) is 12.0. The molecule has 0 amide bonds. The molecule has 0 aliphatic carbocycles. The molecule has 0 radical (unpaired) electrons. The highest BCUT2D eigenvalue weighted by Gasteiger charge is 2.10. The van der Waals surface area contributed by atoms with Crippen LogP contribution in [0.3, 0.4) is 0 Å². The van der Waals surface area contributed by atoms with Crippen LogP contribution in [0.15, 0.2) is 16.7 Å². The molecule has 1 rings (SSSR count). The number of pyridine rings is 1. The average molecular weight is 298 g/mol.